The summed E-state index contributed by atoms with van der Waals surface area (Å²) in [5.41, 5.74) is 0.924. The van der Waals surface area contributed by atoms with Crippen molar-refractivity contribution in [3.05, 3.63) is 34.6 Å². The van der Waals surface area contributed by atoms with Gasteiger partial charge >= 0.3 is 6.03 Å². The minimum absolute atomic E-state index is 0.0877. The molecule has 1 N–H and O–H groups in total. The lowest BCUT2D eigenvalue weighted by Gasteiger charge is -2.29. The van der Waals surface area contributed by atoms with Crippen LogP contribution in [0.25, 0.3) is 0 Å². The Kier molecular flexibility index (Phi) is 5.30. The van der Waals surface area contributed by atoms with Crippen LogP contribution in [-0.2, 0) is 11.3 Å². The van der Waals surface area contributed by atoms with E-state index in [4.69, 9.17) is 16.3 Å². The third-order valence-electron chi connectivity index (χ3n) is 5.49. The van der Waals surface area contributed by atoms with Gasteiger partial charge in [-0.05, 0) is 36.0 Å². The highest BCUT2D eigenvalue weighted by atomic mass is 35.5. The molecule has 0 aromatic heterocycles. The van der Waals surface area contributed by atoms with Crippen molar-refractivity contribution in [2.45, 2.75) is 32.2 Å². The lowest BCUT2D eigenvalue weighted by molar-refractivity contribution is 0.0968. The van der Waals surface area contributed by atoms with Crippen molar-refractivity contribution < 1.29 is 13.9 Å². The molecule has 2 amide bonds. The summed E-state index contributed by atoms with van der Waals surface area (Å²) in [6.07, 6.45) is 4.82. The van der Waals surface area contributed by atoms with E-state index in [0.717, 1.165) is 13.1 Å². The van der Waals surface area contributed by atoms with Crippen LogP contribution in [0.4, 0.5) is 9.18 Å². The van der Waals surface area contributed by atoms with E-state index in [9.17, 15) is 9.18 Å². The number of amides is 2. The van der Waals surface area contributed by atoms with Gasteiger partial charge in [0.1, 0.15) is 5.82 Å². The van der Waals surface area contributed by atoms with Crippen molar-refractivity contribution in [3.8, 4) is 0 Å². The zero-order valence-electron chi connectivity index (χ0n) is 14.0. The summed E-state index contributed by atoms with van der Waals surface area (Å²) in [6.45, 7) is 2.52. The van der Waals surface area contributed by atoms with Gasteiger partial charge in [0.05, 0.1) is 11.6 Å². The molecule has 1 aliphatic heterocycles. The highest BCUT2D eigenvalue weighted by Crippen LogP contribution is 2.49. The number of urea groups is 1. The summed E-state index contributed by atoms with van der Waals surface area (Å²) >= 11 is 5.68. The predicted molar refractivity (Wildman–Crippen MR) is 91.5 cm³/mol. The Balaban J connectivity index is 1.60. The molecule has 1 aromatic rings. The third-order valence-corrected chi connectivity index (χ3v) is 5.80. The molecule has 1 saturated heterocycles. The van der Waals surface area contributed by atoms with E-state index in [-0.39, 0.29) is 16.5 Å². The van der Waals surface area contributed by atoms with Crippen LogP contribution in [0, 0.1) is 17.2 Å². The van der Waals surface area contributed by atoms with Gasteiger partial charge in [0.15, 0.2) is 0 Å². The second-order valence-corrected chi connectivity index (χ2v) is 7.42. The van der Waals surface area contributed by atoms with Crippen molar-refractivity contribution in [1.82, 2.24) is 10.2 Å². The smallest absolute Gasteiger partial charge is 0.317 e. The van der Waals surface area contributed by atoms with E-state index in [0.29, 0.717) is 24.6 Å². The van der Waals surface area contributed by atoms with E-state index in [2.05, 4.69) is 5.32 Å². The van der Waals surface area contributed by atoms with E-state index in [1.165, 1.54) is 37.8 Å². The molecule has 132 valence electrons. The first kappa shape index (κ1) is 17.5. The van der Waals surface area contributed by atoms with Gasteiger partial charge in [-0.3, -0.25) is 0 Å². The first-order chi connectivity index (χ1) is 11.5. The maximum absolute atomic E-state index is 13.5. The fourth-order valence-electron chi connectivity index (χ4n) is 4.20. The largest absolute Gasteiger partial charge is 0.384 e. The minimum Gasteiger partial charge on any atom is -0.384 e. The monoisotopic (exact) mass is 354 g/mol. The Morgan fingerprint density at radius 3 is 2.88 bits per heavy atom. The fourth-order valence-corrected chi connectivity index (χ4v) is 4.32. The summed E-state index contributed by atoms with van der Waals surface area (Å²) < 4.78 is 18.9. The molecule has 0 radical (unpaired) electrons. The van der Waals surface area contributed by atoms with Gasteiger partial charge in [0.2, 0.25) is 0 Å². The van der Waals surface area contributed by atoms with E-state index >= 15 is 0 Å². The zero-order valence-corrected chi connectivity index (χ0v) is 14.7. The van der Waals surface area contributed by atoms with Gasteiger partial charge in [-0.25, -0.2) is 9.18 Å². The summed E-state index contributed by atoms with van der Waals surface area (Å²) in [4.78, 5) is 14.4. The van der Waals surface area contributed by atoms with Crippen molar-refractivity contribution in [2.24, 2.45) is 11.3 Å². The molecule has 1 aliphatic carbocycles. The molecule has 1 unspecified atom stereocenters. The van der Waals surface area contributed by atoms with E-state index < -0.39 is 5.82 Å². The topological polar surface area (TPSA) is 41.6 Å². The third kappa shape index (κ3) is 3.52. The molecule has 1 heterocycles. The molecule has 3 rings (SSSR count). The van der Waals surface area contributed by atoms with Crippen LogP contribution in [0.1, 0.15) is 31.2 Å². The Hall–Kier alpha value is -1.33. The Labute approximate surface area is 147 Å². The number of carbonyl (C=O) groups excluding carboxylic acids is 1. The number of benzene rings is 1. The lowest BCUT2D eigenvalue weighted by atomic mass is 9.77. The molecule has 2 aliphatic rings. The molecule has 24 heavy (non-hydrogen) atoms. The number of likely N-dealkylation sites (tertiary alicyclic amines) is 1. The van der Waals surface area contributed by atoms with Crippen LogP contribution >= 0.6 is 11.6 Å². The molecular formula is C18H24ClFN2O2. The SMILES string of the molecule is COCC1CN(C(=O)NCc2ccc(Cl)c(F)c2)CC12CCCC2. The number of methoxy groups -OCH3 is 1. The summed E-state index contributed by atoms with van der Waals surface area (Å²) in [5.74, 6) is -0.0571. The van der Waals surface area contributed by atoms with Crippen LogP contribution in [0.15, 0.2) is 18.2 Å². The molecule has 1 aromatic carbocycles. The number of nitrogens with one attached hydrogen (secondary N) is 1. The summed E-state index contributed by atoms with van der Waals surface area (Å²) in [6, 6.07) is 4.51. The minimum atomic E-state index is -0.463. The van der Waals surface area contributed by atoms with E-state index in [1.54, 1.807) is 13.2 Å². The quantitative estimate of drug-likeness (QED) is 0.892. The van der Waals surface area contributed by atoms with Crippen LogP contribution in [0.5, 0.6) is 0 Å². The highest BCUT2D eigenvalue weighted by molar-refractivity contribution is 6.30. The van der Waals surface area contributed by atoms with Gasteiger partial charge in [0, 0.05) is 32.7 Å². The van der Waals surface area contributed by atoms with Crippen LogP contribution in [0.3, 0.4) is 0 Å². The fraction of sp³-hybridized carbons (Fsp3) is 0.611. The average Bonchev–Trinajstić information content (AvgIpc) is 3.17. The van der Waals surface area contributed by atoms with Gasteiger partial charge < -0.3 is 15.0 Å². The Bertz CT molecular complexity index is 605. The Morgan fingerprint density at radius 2 is 2.21 bits per heavy atom. The summed E-state index contributed by atoms with van der Waals surface area (Å²) in [7, 11) is 1.72. The van der Waals surface area contributed by atoms with Crippen LogP contribution in [-0.4, -0.2) is 37.7 Å². The zero-order chi connectivity index (χ0) is 17.2. The number of halogens is 2. The summed E-state index contributed by atoms with van der Waals surface area (Å²) in [5, 5.41) is 2.99. The molecular weight excluding hydrogens is 331 g/mol. The van der Waals surface area contributed by atoms with Crippen LogP contribution < -0.4 is 5.32 Å². The maximum atomic E-state index is 13.5. The Morgan fingerprint density at radius 1 is 1.46 bits per heavy atom. The van der Waals surface area contributed by atoms with Gasteiger partial charge in [-0.1, -0.05) is 30.5 Å². The second kappa shape index (κ2) is 7.28. The highest BCUT2D eigenvalue weighted by Gasteiger charge is 2.49. The molecule has 1 atom stereocenters. The first-order valence-corrected chi connectivity index (χ1v) is 8.87. The molecule has 1 spiro atoms. The number of hydrogen-bond donors (Lipinski definition) is 1. The number of nitrogens with zero attached hydrogens (tertiary/aromatic N) is 1. The van der Waals surface area contributed by atoms with Gasteiger partial charge in [-0.2, -0.15) is 0 Å². The van der Waals surface area contributed by atoms with Crippen LogP contribution in [0.2, 0.25) is 5.02 Å². The van der Waals surface area contributed by atoms with Crippen molar-refractivity contribution in [2.75, 3.05) is 26.8 Å². The standard InChI is InChI=1S/C18H24ClFN2O2/c1-24-11-14-10-22(12-18(14)6-2-3-7-18)17(23)21-9-13-4-5-15(19)16(20)8-13/h4-5,8,14H,2-3,6-7,9-12H2,1H3,(H,21,23). The van der Waals surface area contributed by atoms with Crippen molar-refractivity contribution >= 4 is 17.6 Å². The maximum Gasteiger partial charge on any atom is 0.317 e. The number of hydrogen-bond acceptors (Lipinski definition) is 2. The first-order valence-electron chi connectivity index (χ1n) is 8.50. The molecule has 4 nitrogen and oxygen atoms in total. The normalized spacial score (nSPS) is 22.3. The number of rotatable bonds is 4. The molecule has 0 bridgehead atoms. The molecule has 1 saturated carbocycles. The van der Waals surface area contributed by atoms with E-state index in [1.807, 2.05) is 4.90 Å². The lowest BCUT2D eigenvalue weighted by Crippen LogP contribution is -2.39. The van der Waals surface area contributed by atoms with Gasteiger partial charge in [-0.15, -0.1) is 0 Å². The molecule has 6 heteroatoms. The van der Waals surface area contributed by atoms with Gasteiger partial charge in [0.25, 0.3) is 0 Å². The van der Waals surface area contributed by atoms with Crippen molar-refractivity contribution in [1.29, 1.82) is 0 Å². The average molecular weight is 355 g/mol. The second-order valence-electron chi connectivity index (χ2n) is 7.01. The number of ether oxygens (including phenoxy) is 1. The number of carbonyl (C=O) groups is 1. The molecule has 2 fully saturated rings. The predicted octanol–water partition coefficient (Wildman–Crippen LogP) is 3.83. The van der Waals surface area contributed by atoms with Crippen molar-refractivity contribution in [3.63, 3.8) is 0 Å².